The summed E-state index contributed by atoms with van der Waals surface area (Å²) in [6.07, 6.45) is 4.29. The Hall–Kier alpha value is -1.000. The van der Waals surface area contributed by atoms with E-state index in [1.165, 1.54) is 0 Å². The number of hydrogen-bond acceptors (Lipinski definition) is 2. The van der Waals surface area contributed by atoms with Crippen molar-refractivity contribution < 1.29 is 0 Å². The fourth-order valence-electron chi connectivity index (χ4n) is 1.86. The molecule has 2 rings (SSSR count). The van der Waals surface area contributed by atoms with Crippen LogP contribution in [0.25, 0.3) is 5.69 Å². The van der Waals surface area contributed by atoms with Gasteiger partial charge in [-0.2, -0.15) is 0 Å². The van der Waals surface area contributed by atoms with Gasteiger partial charge in [0.25, 0.3) is 0 Å². The Bertz CT molecular complexity index is 566. The topological polar surface area (TPSA) is 29.9 Å². The molecule has 1 aromatic carbocycles. The molecule has 5 heteroatoms. The maximum Gasteiger partial charge on any atom is 0.207 e. The smallest absolute Gasteiger partial charge is 0.207 e. The summed E-state index contributed by atoms with van der Waals surface area (Å²) >= 11 is 9.68. The fourth-order valence-corrected chi connectivity index (χ4v) is 2.49. The third-order valence-corrected chi connectivity index (χ3v) is 4.21. The molecule has 0 unspecified atom stereocenters. The van der Waals surface area contributed by atoms with Gasteiger partial charge in [-0.05, 0) is 41.4 Å². The van der Waals surface area contributed by atoms with Crippen LogP contribution in [0.1, 0.15) is 25.5 Å². The number of hydrogen-bond donors (Lipinski definition) is 1. The zero-order valence-corrected chi connectivity index (χ0v) is 13.4. The number of anilines is 1. The Labute approximate surface area is 127 Å². The second-order valence-electron chi connectivity index (χ2n) is 4.43. The molecule has 0 atom stereocenters. The SMILES string of the molecule is CCCCNc1nc(C)cn1-c1cccc(Cl)c1Br. The third-order valence-electron chi connectivity index (χ3n) is 2.83. The van der Waals surface area contributed by atoms with Crippen LogP contribution in [0.5, 0.6) is 0 Å². The van der Waals surface area contributed by atoms with Gasteiger partial charge in [-0.1, -0.05) is 31.0 Å². The van der Waals surface area contributed by atoms with Gasteiger partial charge in [-0.3, -0.25) is 4.57 Å². The summed E-state index contributed by atoms with van der Waals surface area (Å²) in [5.41, 5.74) is 1.97. The third kappa shape index (κ3) is 3.31. The van der Waals surface area contributed by atoms with E-state index in [1.54, 1.807) is 0 Å². The Kier molecular flexibility index (Phi) is 4.88. The average Bonchev–Trinajstić information content (AvgIpc) is 2.74. The molecule has 102 valence electrons. The molecule has 3 nitrogen and oxygen atoms in total. The number of halogens is 2. The standard InChI is InChI=1S/C14H17BrClN3/c1-3-4-8-17-14-18-10(2)9-19(14)12-7-5-6-11(16)13(12)15/h5-7,9H,3-4,8H2,1-2H3,(H,17,18). The van der Waals surface area contributed by atoms with Gasteiger partial charge in [0.1, 0.15) is 0 Å². The van der Waals surface area contributed by atoms with Crippen molar-refractivity contribution in [3.63, 3.8) is 0 Å². The summed E-state index contributed by atoms with van der Waals surface area (Å²) < 4.78 is 2.91. The van der Waals surface area contributed by atoms with E-state index in [1.807, 2.05) is 35.9 Å². The van der Waals surface area contributed by atoms with Crippen molar-refractivity contribution >= 4 is 33.5 Å². The normalized spacial score (nSPS) is 10.7. The maximum atomic E-state index is 6.15. The van der Waals surface area contributed by atoms with E-state index in [9.17, 15) is 0 Å². The van der Waals surface area contributed by atoms with Crippen molar-refractivity contribution in [1.29, 1.82) is 0 Å². The molecule has 0 aliphatic carbocycles. The van der Waals surface area contributed by atoms with Gasteiger partial charge in [0.2, 0.25) is 5.95 Å². The number of benzene rings is 1. The summed E-state index contributed by atoms with van der Waals surface area (Å²) in [4.78, 5) is 4.52. The minimum absolute atomic E-state index is 0.698. The van der Waals surface area contributed by atoms with Crippen LogP contribution in [-0.4, -0.2) is 16.1 Å². The van der Waals surface area contributed by atoms with Crippen molar-refractivity contribution in [3.05, 3.63) is 39.6 Å². The quantitative estimate of drug-likeness (QED) is 0.790. The largest absolute Gasteiger partial charge is 0.355 e. The number of aryl methyl sites for hydroxylation is 1. The van der Waals surface area contributed by atoms with E-state index in [-0.39, 0.29) is 0 Å². The lowest BCUT2D eigenvalue weighted by Crippen LogP contribution is -2.07. The summed E-state index contributed by atoms with van der Waals surface area (Å²) in [6.45, 7) is 5.08. The summed E-state index contributed by atoms with van der Waals surface area (Å²) in [5.74, 6) is 0.855. The van der Waals surface area contributed by atoms with Gasteiger partial charge in [-0.15, -0.1) is 0 Å². The molecule has 1 heterocycles. The van der Waals surface area contributed by atoms with Crippen LogP contribution < -0.4 is 5.32 Å². The highest BCUT2D eigenvalue weighted by atomic mass is 79.9. The predicted molar refractivity (Wildman–Crippen MR) is 84.4 cm³/mol. The van der Waals surface area contributed by atoms with Crippen molar-refractivity contribution in [3.8, 4) is 5.69 Å². The van der Waals surface area contributed by atoms with Crippen molar-refractivity contribution in [2.24, 2.45) is 0 Å². The zero-order valence-electron chi connectivity index (χ0n) is 11.1. The summed E-state index contributed by atoms with van der Waals surface area (Å²) in [6, 6.07) is 5.82. The molecule has 1 aromatic heterocycles. The average molecular weight is 343 g/mol. The predicted octanol–water partition coefficient (Wildman–Crippen LogP) is 4.81. The van der Waals surface area contributed by atoms with Crippen LogP contribution >= 0.6 is 27.5 Å². The molecule has 0 amide bonds. The maximum absolute atomic E-state index is 6.15. The molecule has 2 aromatic rings. The van der Waals surface area contributed by atoms with E-state index >= 15 is 0 Å². The highest BCUT2D eigenvalue weighted by Crippen LogP contribution is 2.30. The van der Waals surface area contributed by atoms with Crippen LogP contribution in [0.15, 0.2) is 28.9 Å². The lowest BCUT2D eigenvalue weighted by Gasteiger charge is -2.11. The Balaban J connectivity index is 2.35. The summed E-state index contributed by atoms with van der Waals surface area (Å²) in [5, 5.41) is 4.07. The monoisotopic (exact) mass is 341 g/mol. The molecular weight excluding hydrogens is 326 g/mol. The first-order valence-electron chi connectivity index (χ1n) is 6.37. The molecule has 0 radical (unpaired) electrons. The van der Waals surface area contributed by atoms with E-state index in [0.717, 1.165) is 41.2 Å². The van der Waals surface area contributed by atoms with Crippen LogP contribution in [0.2, 0.25) is 5.02 Å². The first-order chi connectivity index (χ1) is 9.13. The molecule has 0 aliphatic rings. The molecule has 1 N–H and O–H groups in total. The minimum atomic E-state index is 0.698. The molecule has 0 spiro atoms. The van der Waals surface area contributed by atoms with Gasteiger partial charge in [0, 0.05) is 12.7 Å². The first-order valence-corrected chi connectivity index (χ1v) is 7.54. The second kappa shape index (κ2) is 6.44. The number of aromatic nitrogens is 2. The number of nitrogens with zero attached hydrogens (tertiary/aromatic N) is 2. The number of imidazole rings is 1. The molecule has 0 bridgehead atoms. The molecule has 0 saturated heterocycles. The molecular formula is C14H17BrClN3. The lowest BCUT2D eigenvalue weighted by atomic mass is 10.3. The molecule has 0 fully saturated rings. The van der Waals surface area contributed by atoms with Gasteiger partial charge in [0.05, 0.1) is 20.9 Å². The summed E-state index contributed by atoms with van der Waals surface area (Å²) in [7, 11) is 0. The van der Waals surface area contributed by atoms with Gasteiger partial charge < -0.3 is 5.32 Å². The van der Waals surface area contributed by atoms with Crippen molar-refractivity contribution in [2.75, 3.05) is 11.9 Å². The number of nitrogens with one attached hydrogen (secondary N) is 1. The van der Waals surface area contributed by atoms with Crippen LogP contribution in [0.4, 0.5) is 5.95 Å². The zero-order chi connectivity index (χ0) is 13.8. The van der Waals surface area contributed by atoms with E-state index in [2.05, 4.69) is 33.2 Å². The van der Waals surface area contributed by atoms with Crippen LogP contribution in [-0.2, 0) is 0 Å². The molecule has 0 saturated carbocycles. The fraction of sp³-hybridized carbons (Fsp3) is 0.357. The Morgan fingerprint density at radius 1 is 1.42 bits per heavy atom. The minimum Gasteiger partial charge on any atom is -0.355 e. The van der Waals surface area contributed by atoms with Gasteiger partial charge in [0.15, 0.2) is 0 Å². The van der Waals surface area contributed by atoms with E-state index in [0.29, 0.717) is 5.02 Å². The van der Waals surface area contributed by atoms with Crippen molar-refractivity contribution in [1.82, 2.24) is 9.55 Å². The molecule has 19 heavy (non-hydrogen) atoms. The van der Waals surface area contributed by atoms with Crippen molar-refractivity contribution in [2.45, 2.75) is 26.7 Å². The van der Waals surface area contributed by atoms with Crippen LogP contribution in [0, 0.1) is 6.92 Å². The first kappa shape index (κ1) is 14.4. The highest BCUT2D eigenvalue weighted by Gasteiger charge is 2.11. The van der Waals surface area contributed by atoms with E-state index < -0.39 is 0 Å². The van der Waals surface area contributed by atoms with E-state index in [4.69, 9.17) is 11.6 Å². The molecule has 0 aliphatic heterocycles. The number of rotatable bonds is 5. The van der Waals surface area contributed by atoms with Gasteiger partial charge in [-0.25, -0.2) is 4.98 Å². The van der Waals surface area contributed by atoms with Crippen LogP contribution in [0.3, 0.4) is 0 Å². The number of unbranched alkanes of at least 4 members (excludes halogenated alkanes) is 1. The highest BCUT2D eigenvalue weighted by molar-refractivity contribution is 9.10. The van der Waals surface area contributed by atoms with Gasteiger partial charge >= 0.3 is 0 Å². The Morgan fingerprint density at radius 3 is 2.95 bits per heavy atom. The lowest BCUT2D eigenvalue weighted by molar-refractivity contribution is 0.823. The second-order valence-corrected chi connectivity index (χ2v) is 5.63. The Morgan fingerprint density at radius 2 is 2.21 bits per heavy atom.